The third kappa shape index (κ3) is 3.04. The average molecular weight is 356 g/mol. The number of carbonyl (C=O) groups is 1. The molecule has 6 nitrogen and oxygen atoms in total. The van der Waals surface area contributed by atoms with E-state index in [0.29, 0.717) is 41.0 Å². The van der Waals surface area contributed by atoms with Crippen molar-refractivity contribution in [1.29, 1.82) is 0 Å². The molecule has 2 heterocycles. The van der Waals surface area contributed by atoms with Gasteiger partial charge in [0, 0.05) is 18.0 Å². The number of hydrogen-bond donors (Lipinski definition) is 1. The van der Waals surface area contributed by atoms with E-state index in [9.17, 15) is 4.79 Å². The summed E-state index contributed by atoms with van der Waals surface area (Å²) in [6, 6.07) is 12.4. The van der Waals surface area contributed by atoms with Crippen LogP contribution in [0.4, 0.5) is 5.69 Å². The summed E-state index contributed by atoms with van der Waals surface area (Å²) in [7, 11) is 0. The van der Waals surface area contributed by atoms with Gasteiger partial charge in [0.25, 0.3) is 5.91 Å². The van der Waals surface area contributed by atoms with Crippen LogP contribution in [0.2, 0.25) is 5.02 Å². The fourth-order valence-corrected chi connectivity index (χ4v) is 2.89. The number of carbonyl (C=O) groups excluding carboxylic acids is 1. The first-order valence-corrected chi connectivity index (χ1v) is 8.10. The van der Waals surface area contributed by atoms with E-state index in [4.69, 9.17) is 21.1 Å². The predicted molar refractivity (Wildman–Crippen MR) is 94.0 cm³/mol. The Kier molecular flexibility index (Phi) is 4.03. The van der Waals surface area contributed by atoms with Crippen molar-refractivity contribution in [1.82, 2.24) is 9.78 Å². The van der Waals surface area contributed by atoms with E-state index in [1.54, 1.807) is 23.0 Å². The molecular formula is C18H14ClN3O3. The van der Waals surface area contributed by atoms with Crippen molar-refractivity contribution >= 4 is 23.2 Å². The Hall–Kier alpha value is -2.99. The van der Waals surface area contributed by atoms with E-state index >= 15 is 0 Å². The zero-order chi connectivity index (χ0) is 17.2. The summed E-state index contributed by atoms with van der Waals surface area (Å²) in [6.07, 6.45) is 3.49. The molecule has 0 radical (unpaired) electrons. The summed E-state index contributed by atoms with van der Waals surface area (Å²) in [5.41, 5.74) is 1.80. The lowest BCUT2D eigenvalue weighted by Crippen LogP contribution is -2.18. The number of benzene rings is 2. The van der Waals surface area contributed by atoms with Gasteiger partial charge in [-0.3, -0.25) is 4.79 Å². The van der Waals surface area contributed by atoms with Gasteiger partial charge < -0.3 is 14.8 Å². The van der Waals surface area contributed by atoms with Crippen LogP contribution in [0.15, 0.2) is 54.9 Å². The van der Waals surface area contributed by atoms with Crippen LogP contribution in [0.25, 0.3) is 5.69 Å². The van der Waals surface area contributed by atoms with E-state index < -0.39 is 0 Å². The van der Waals surface area contributed by atoms with Gasteiger partial charge in [-0.1, -0.05) is 23.7 Å². The van der Waals surface area contributed by atoms with E-state index in [-0.39, 0.29) is 5.91 Å². The molecule has 0 atom stereocenters. The Morgan fingerprint density at radius 3 is 2.84 bits per heavy atom. The summed E-state index contributed by atoms with van der Waals surface area (Å²) in [5.74, 6) is 0.657. The zero-order valence-electron chi connectivity index (χ0n) is 13.1. The number of rotatable bonds is 3. The number of nitrogens with one attached hydrogen (secondary N) is 1. The van der Waals surface area contributed by atoms with Crippen molar-refractivity contribution < 1.29 is 14.3 Å². The van der Waals surface area contributed by atoms with Gasteiger partial charge in [0.15, 0.2) is 11.5 Å². The highest BCUT2D eigenvalue weighted by Crippen LogP contribution is 2.38. The first-order chi connectivity index (χ1) is 12.2. The Morgan fingerprint density at radius 1 is 1.16 bits per heavy atom. The third-order valence-corrected chi connectivity index (χ3v) is 4.04. The fraction of sp³-hybridized carbons (Fsp3) is 0.111. The Morgan fingerprint density at radius 2 is 2.00 bits per heavy atom. The Labute approximate surface area is 148 Å². The van der Waals surface area contributed by atoms with Crippen LogP contribution in [0.3, 0.4) is 0 Å². The quantitative estimate of drug-likeness (QED) is 0.780. The number of halogens is 1. The summed E-state index contributed by atoms with van der Waals surface area (Å²) in [5, 5.41) is 7.45. The summed E-state index contributed by atoms with van der Waals surface area (Å²) in [4.78, 5) is 12.7. The van der Waals surface area contributed by atoms with Gasteiger partial charge in [-0.05, 0) is 30.3 Å². The largest absolute Gasteiger partial charge is 0.486 e. The number of fused-ring (bicyclic) bond motifs is 1. The molecule has 1 aromatic heterocycles. The molecule has 0 spiro atoms. The van der Waals surface area contributed by atoms with Crippen molar-refractivity contribution in [3.63, 3.8) is 0 Å². The summed E-state index contributed by atoms with van der Waals surface area (Å²) >= 11 is 6.21. The number of anilines is 1. The van der Waals surface area contributed by atoms with Crippen LogP contribution < -0.4 is 14.8 Å². The lowest BCUT2D eigenvalue weighted by molar-refractivity contribution is 0.102. The maximum atomic E-state index is 12.7. The van der Waals surface area contributed by atoms with E-state index in [1.165, 1.54) is 0 Å². The highest BCUT2D eigenvalue weighted by molar-refractivity contribution is 6.32. The fourth-order valence-electron chi connectivity index (χ4n) is 2.63. The molecular weight excluding hydrogens is 342 g/mol. The zero-order valence-corrected chi connectivity index (χ0v) is 13.9. The highest BCUT2D eigenvalue weighted by atomic mass is 35.5. The maximum absolute atomic E-state index is 12.7. The van der Waals surface area contributed by atoms with Crippen LogP contribution in [-0.4, -0.2) is 28.9 Å². The molecule has 25 heavy (non-hydrogen) atoms. The molecule has 1 aliphatic rings. The van der Waals surface area contributed by atoms with Crippen molar-refractivity contribution in [3.05, 3.63) is 65.4 Å². The van der Waals surface area contributed by atoms with E-state index in [0.717, 1.165) is 5.69 Å². The van der Waals surface area contributed by atoms with Crippen LogP contribution in [0.5, 0.6) is 11.5 Å². The average Bonchev–Trinajstić information content (AvgIpc) is 3.16. The van der Waals surface area contributed by atoms with Gasteiger partial charge in [-0.25, -0.2) is 4.68 Å². The van der Waals surface area contributed by atoms with Gasteiger partial charge in [0.05, 0.1) is 16.4 Å². The second-order valence-corrected chi connectivity index (χ2v) is 5.81. The van der Waals surface area contributed by atoms with Gasteiger partial charge in [-0.15, -0.1) is 0 Å². The van der Waals surface area contributed by atoms with Crippen molar-refractivity contribution in [2.24, 2.45) is 0 Å². The van der Waals surface area contributed by atoms with Crippen LogP contribution in [0.1, 0.15) is 10.4 Å². The van der Waals surface area contributed by atoms with Gasteiger partial charge in [0.2, 0.25) is 0 Å². The number of para-hydroxylation sites is 2. The second kappa shape index (κ2) is 6.49. The molecule has 0 saturated heterocycles. The Balaban J connectivity index is 1.64. The first kappa shape index (κ1) is 15.5. The standard InChI is InChI=1S/C18H14ClN3O3/c19-13-10-12(11-16-17(13)25-9-8-24-16)18(23)21-14-4-1-2-5-15(14)22-7-3-6-20-22/h1-7,10-11H,8-9H2,(H,21,23). The highest BCUT2D eigenvalue weighted by Gasteiger charge is 2.20. The van der Waals surface area contributed by atoms with Gasteiger partial charge in [-0.2, -0.15) is 5.10 Å². The predicted octanol–water partition coefficient (Wildman–Crippen LogP) is 3.55. The minimum absolute atomic E-state index is 0.293. The molecule has 3 aromatic rings. The second-order valence-electron chi connectivity index (χ2n) is 5.40. The summed E-state index contributed by atoms with van der Waals surface area (Å²) in [6.45, 7) is 0.867. The molecule has 126 valence electrons. The number of ether oxygens (including phenoxy) is 2. The lowest BCUT2D eigenvalue weighted by Gasteiger charge is -2.20. The number of amides is 1. The third-order valence-electron chi connectivity index (χ3n) is 3.76. The molecule has 7 heteroatoms. The Bertz CT molecular complexity index is 925. The van der Waals surface area contributed by atoms with Crippen LogP contribution in [0, 0.1) is 0 Å². The number of aromatic nitrogens is 2. The molecule has 2 aromatic carbocycles. The molecule has 1 aliphatic heterocycles. The van der Waals surface area contributed by atoms with Gasteiger partial charge in [0.1, 0.15) is 13.2 Å². The molecule has 0 fully saturated rings. The lowest BCUT2D eigenvalue weighted by atomic mass is 10.1. The molecule has 4 rings (SSSR count). The van der Waals surface area contributed by atoms with Crippen LogP contribution in [-0.2, 0) is 0 Å². The van der Waals surface area contributed by atoms with E-state index in [2.05, 4.69) is 10.4 Å². The topological polar surface area (TPSA) is 65.4 Å². The molecule has 0 aliphatic carbocycles. The maximum Gasteiger partial charge on any atom is 0.255 e. The molecule has 0 unspecified atom stereocenters. The molecule has 0 bridgehead atoms. The normalized spacial score (nSPS) is 12.7. The monoisotopic (exact) mass is 355 g/mol. The molecule has 1 N–H and O–H groups in total. The van der Waals surface area contributed by atoms with E-state index in [1.807, 2.05) is 36.5 Å². The first-order valence-electron chi connectivity index (χ1n) is 7.72. The minimum Gasteiger partial charge on any atom is -0.486 e. The molecule has 0 saturated carbocycles. The SMILES string of the molecule is O=C(Nc1ccccc1-n1cccn1)c1cc(Cl)c2c(c1)OCCO2. The molecule has 1 amide bonds. The summed E-state index contributed by atoms with van der Waals surface area (Å²) < 4.78 is 12.7. The number of nitrogens with zero attached hydrogens (tertiary/aromatic N) is 2. The van der Waals surface area contributed by atoms with Crippen molar-refractivity contribution in [3.8, 4) is 17.2 Å². The minimum atomic E-state index is -0.293. The van der Waals surface area contributed by atoms with Gasteiger partial charge >= 0.3 is 0 Å². The van der Waals surface area contributed by atoms with Crippen LogP contribution >= 0.6 is 11.6 Å². The van der Waals surface area contributed by atoms with Crippen molar-refractivity contribution in [2.45, 2.75) is 0 Å². The van der Waals surface area contributed by atoms with Crippen molar-refractivity contribution in [2.75, 3.05) is 18.5 Å². The smallest absolute Gasteiger partial charge is 0.255 e. The number of hydrogen-bond acceptors (Lipinski definition) is 4.